The average Bonchev–Trinajstić information content (AvgIpc) is 2.54. The fourth-order valence-corrected chi connectivity index (χ4v) is 3.50. The van der Waals surface area contributed by atoms with Gasteiger partial charge in [0.2, 0.25) is 0 Å². The summed E-state index contributed by atoms with van der Waals surface area (Å²) in [4.78, 5) is 12.7. The molecule has 0 aromatic heterocycles. The molecular weight excluding hydrogens is 354 g/mol. The second kappa shape index (κ2) is 7.37. The smallest absolute Gasteiger partial charge is 0.429 e. The molecule has 0 aliphatic carbocycles. The highest BCUT2D eigenvalue weighted by Crippen LogP contribution is 2.28. The summed E-state index contributed by atoms with van der Waals surface area (Å²) in [5.74, 6) is 0.547. The number of ether oxygens (including phenoxy) is 2. The van der Waals surface area contributed by atoms with Gasteiger partial charge in [0.05, 0.1) is 17.7 Å². The van der Waals surface area contributed by atoms with Crippen molar-refractivity contribution in [1.29, 1.82) is 0 Å². The van der Waals surface area contributed by atoms with Crippen LogP contribution >= 0.6 is 0 Å². The normalized spacial score (nSPS) is 11.7. The van der Waals surface area contributed by atoms with Crippen molar-refractivity contribution in [1.82, 2.24) is 0 Å². The molecule has 26 heavy (non-hydrogen) atoms. The summed E-state index contributed by atoms with van der Waals surface area (Å²) in [5.41, 5.74) is 0.239. The number of carbonyl (C=O) groups is 1. The third-order valence-electron chi connectivity index (χ3n) is 3.43. The van der Waals surface area contributed by atoms with Crippen LogP contribution in [0.3, 0.4) is 0 Å². The number of anilines is 1. The minimum absolute atomic E-state index is 0.00442. The van der Waals surface area contributed by atoms with Gasteiger partial charge >= 0.3 is 6.09 Å². The average molecular weight is 377 g/mol. The Labute approximate surface area is 154 Å². The number of amides is 1. The first-order valence-corrected chi connectivity index (χ1v) is 9.47. The molecule has 0 spiro atoms. The highest BCUT2D eigenvalue weighted by Gasteiger charge is 2.34. The molecule has 2 rings (SSSR count). The Kier molecular flexibility index (Phi) is 5.61. The molecule has 0 aliphatic rings. The lowest BCUT2D eigenvalue weighted by Gasteiger charge is -2.27. The largest absolute Gasteiger partial charge is 0.497 e. The Morgan fingerprint density at radius 3 is 1.96 bits per heavy atom. The summed E-state index contributed by atoms with van der Waals surface area (Å²) < 4.78 is 37.3. The molecule has 2 aromatic rings. The second-order valence-electron chi connectivity index (χ2n) is 6.76. The van der Waals surface area contributed by atoms with Gasteiger partial charge in [0.1, 0.15) is 11.4 Å². The standard InChI is InChI=1S/C19H23NO5S/c1-14-6-12-17(13-7-14)26(22,23)20(18(21)25-19(2,3)4)15-8-10-16(24-5)11-9-15/h6-13H,1-5H3. The van der Waals surface area contributed by atoms with Crippen LogP contribution < -0.4 is 9.04 Å². The van der Waals surface area contributed by atoms with Gasteiger partial charge in [-0.1, -0.05) is 17.7 Å². The van der Waals surface area contributed by atoms with E-state index in [2.05, 4.69) is 0 Å². The third kappa shape index (κ3) is 4.54. The molecule has 0 aliphatic heterocycles. The molecule has 0 unspecified atom stereocenters. The number of nitrogens with zero attached hydrogens (tertiary/aromatic N) is 1. The topological polar surface area (TPSA) is 72.9 Å². The molecule has 0 fully saturated rings. The van der Waals surface area contributed by atoms with Crippen LogP contribution in [0.2, 0.25) is 0 Å². The lowest BCUT2D eigenvalue weighted by Crippen LogP contribution is -2.41. The molecule has 0 saturated carbocycles. The first-order valence-electron chi connectivity index (χ1n) is 8.03. The zero-order valence-electron chi connectivity index (χ0n) is 15.5. The van der Waals surface area contributed by atoms with Crippen molar-refractivity contribution >= 4 is 21.8 Å². The molecule has 140 valence electrons. The van der Waals surface area contributed by atoms with E-state index >= 15 is 0 Å². The number of hydrogen-bond donors (Lipinski definition) is 0. The Morgan fingerprint density at radius 1 is 0.962 bits per heavy atom. The summed E-state index contributed by atoms with van der Waals surface area (Å²) in [6, 6.07) is 12.4. The monoisotopic (exact) mass is 377 g/mol. The fraction of sp³-hybridized carbons (Fsp3) is 0.316. The quantitative estimate of drug-likeness (QED) is 0.801. The Hall–Kier alpha value is -2.54. The summed E-state index contributed by atoms with van der Waals surface area (Å²) in [6.07, 6.45) is -0.969. The minimum atomic E-state index is -4.14. The third-order valence-corrected chi connectivity index (χ3v) is 5.13. The summed E-state index contributed by atoms with van der Waals surface area (Å²) in [5, 5.41) is 0. The van der Waals surface area contributed by atoms with Crippen LogP contribution in [0.15, 0.2) is 53.4 Å². The summed E-state index contributed by atoms with van der Waals surface area (Å²) in [7, 11) is -2.64. The van der Waals surface area contributed by atoms with Crippen LogP contribution in [0.4, 0.5) is 10.5 Å². The maximum absolute atomic E-state index is 13.1. The minimum Gasteiger partial charge on any atom is -0.497 e. The van der Waals surface area contributed by atoms with E-state index in [0.29, 0.717) is 10.1 Å². The molecule has 0 bridgehead atoms. The van der Waals surface area contributed by atoms with Crippen LogP contribution in [0.25, 0.3) is 0 Å². The van der Waals surface area contributed by atoms with Gasteiger partial charge < -0.3 is 9.47 Å². The molecule has 0 atom stereocenters. The predicted octanol–water partition coefficient (Wildman–Crippen LogP) is 4.13. The number of benzene rings is 2. The van der Waals surface area contributed by atoms with Gasteiger partial charge in [-0.25, -0.2) is 13.2 Å². The van der Waals surface area contributed by atoms with E-state index in [4.69, 9.17) is 9.47 Å². The van der Waals surface area contributed by atoms with Crippen LogP contribution in [-0.2, 0) is 14.8 Å². The van der Waals surface area contributed by atoms with Crippen LogP contribution in [0.1, 0.15) is 26.3 Å². The van der Waals surface area contributed by atoms with Gasteiger partial charge in [0.15, 0.2) is 0 Å². The highest BCUT2D eigenvalue weighted by atomic mass is 32.2. The van der Waals surface area contributed by atoms with Crippen molar-refractivity contribution in [2.45, 2.75) is 38.2 Å². The van der Waals surface area contributed by atoms with E-state index in [1.54, 1.807) is 45.0 Å². The molecule has 1 amide bonds. The molecule has 0 heterocycles. The maximum atomic E-state index is 13.1. The Balaban J connectivity index is 2.54. The zero-order chi connectivity index (χ0) is 19.5. The van der Waals surface area contributed by atoms with E-state index in [-0.39, 0.29) is 10.6 Å². The summed E-state index contributed by atoms with van der Waals surface area (Å²) >= 11 is 0. The number of methoxy groups -OCH3 is 1. The zero-order valence-corrected chi connectivity index (χ0v) is 16.3. The van der Waals surface area contributed by atoms with Crippen LogP contribution in [0.5, 0.6) is 5.75 Å². The van der Waals surface area contributed by atoms with Crippen LogP contribution in [-0.4, -0.2) is 27.2 Å². The first kappa shape index (κ1) is 19.8. The van der Waals surface area contributed by atoms with Gasteiger partial charge in [-0.05, 0) is 64.1 Å². The van der Waals surface area contributed by atoms with Crippen molar-refractivity contribution < 1.29 is 22.7 Å². The molecule has 0 radical (unpaired) electrons. The van der Waals surface area contributed by atoms with Crippen LogP contribution in [0, 0.1) is 6.92 Å². The van der Waals surface area contributed by atoms with Gasteiger partial charge in [-0.3, -0.25) is 0 Å². The maximum Gasteiger partial charge on any atom is 0.429 e. The van der Waals surface area contributed by atoms with E-state index in [1.807, 2.05) is 6.92 Å². The number of carbonyl (C=O) groups excluding carboxylic acids is 1. The second-order valence-corrected chi connectivity index (χ2v) is 8.55. The lowest BCUT2D eigenvalue weighted by atomic mass is 10.2. The Bertz CT molecular complexity index is 866. The molecule has 2 aromatic carbocycles. The molecule has 0 N–H and O–H groups in total. The number of sulfonamides is 1. The van der Waals surface area contributed by atoms with Gasteiger partial charge in [0, 0.05) is 0 Å². The SMILES string of the molecule is COc1ccc(N(C(=O)OC(C)(C)C)S(=O)(=O)c2ccc(C)cc2)cc1. The lowest BCUT2D eigenvalue weighted by molar-refractivity contribution is 0.0609. The van der Waals surface area contributed by atoms with Gasteiger partial charge in [0.25, 0.3) is 10.0 Å². The molecule has 7 heteroatoms. The fourth-order valence-electron chi connectivity index (χ4n) is 2.18. The predicted molar refractivity (Wildman–Crippen MR) is 100 cm³/mol. The van der Waals surface area contributed by atoms with E-state index in [1.165, 1.54) is 31.4 Å². The van der Waals surface area contributed by atoms with Crippen molar-refractivity contribution in [3.63, 3.8) is 0 Å². The van der Waals surface area contributed by atoms with Gasteiger partial charge in [-0.2, -0.15) is 4.31 Å². The first-order chi connectivity index (χ1) is 12.0. The summed E-state index contributed by atoms with van der Waals surface area (Å²) in [6.45, 7) is 6.88. The van der Waals surface area contributed by atoms with E-state index < -0.39 is 21.7 Å². The number of rotatable bonds is 4. The molecular formula is C19H23NO5S. The van der Waals surface area contributed by atoms with E-state index in [9.17, 15) is 13.2 Å². The molecule has 0 saturated heterocycles. The van der Waals surface area contributed by atoms with Gasteiger partial charge in [-0.15, -0.1) is 0 Å². The van der Waals surface area contributed by atoms with Crippen molar-refractivity contribution in [2.24, 2.45) is 0 Å². The number of hydrogen-bond acceptors (Lipinski definition) is 5. The van der Waals surface area contributed by atoms with Crippen molar-refractivity contribution in [2.75, 3.05) is 11.4 Å². The van der Waals surface area contributed by atoms with E-state index in [0.717, 1.165) is 5.56 Å². The molecule has 6 nitrogen and oxygen atoms in total. The number of aryl methyl sites for hydroxylation is 1. The van der Waals surface area contributed by atoms with Crippen molar-refractivity contribution in [3.8, 4) is 5.75 Å². The highest BCUT2D eigenvalue weighted by molar-refractivity contribution is 7.93. The van der Waals surface area contributed by atoms with Crippen molar-refractivity contribution in [3.05, 3.63) is 54.1 Å². The Morgan fingerprint density at radius 2 is 1.50 bits per heavy atom.